The molecule has 112 valence electrons. The highest BCUT2D eigenvalue weighted by molar-refractivity contribution is 6.73. The molecule has 1 atom stereocenters. The number of terminal acetylenes is 1. The van der Waals surface area contributed by atoms with Crippen molar-refractivity contribution in [3.05, 3.63) is 0 Å². The average molecular weight is 292 g/mol. The largest absolute Gasteiger partial charge is 0.399 e. The smallest absolute Gasteiger partial charge is 0.194 e. The minimum Gasteiger partial charge on any atom is -0.399 e. The Morgan fingerprint density at radius 1 is 1.20 bits per heavy atom. The highest BCUT2D eigenvalue weighted by Crippen LogP contribution is 2.53. The molecule has 3 heteroatoms. The van der Waals surface area contributed by atoms with E-state index < -0.39 is 19.3 Å². The molecular weight excluding hydrogens is 262 g/mol. The van der Waals surface area contributed by atoms with E-state index in [4.69, 9.17) is 10.8 Å². The third-order valence-corrected chi connectivity index (χ3v) is 10.0. The quantitative estimate of drug-likeness (QED) is 0.472. The normalized spacial score (nSPS) is 20.3. The monoisotopic (exact) mass is 291 g/mol. The highest BCUT2D eigenvalue weighted by Gasteiger charge is 2.57. The van der Waals surface area contributed by atoms with Gasteiger partial charge in [-0.25, -0.2) is 0 Å². The Bertz CT molecular complexity index is 390. The molecule has 0 saturated heterocycles. The van der Waals surface area contributed by atoms with Crippen molar-refractivity contribution in [3.8, 4) is 18.4 Å². The number of nitrogens with zero attached hydrogens (tertiary/aromatic N) is 1. The Labute approximate surface area is 126 Å². The van der Waals surface area contributed by atoms with E-state index in [1.807, 2.05) is 0 Å². The summed E-state index contributed by atoms with van der Waals surface area (Å²) < 4.78 is 6.74. The zero-order valence-electron chi connectivity index (χ0n) is 13.6. The van der Waals surface area contributed by atoms with Crippen LogP contribution in [0.25, 0.3) is 0 Å². The van der Waals surface area contributed by atoms with Gasteiger partial charge in [0.1, 0.15) is 5.60 Å². The van der Waals surface area contributed by atoms with Crippen LogP contribution in [-0.4, -0.2) is 13.9 Å². The van der Waals surface area contributed by atoms with E-state index >= 15 is 0 Å². The van der Waals surface area contributed by atoms with Crippen LogP contribution in [0.3, 0.4) is 0 Å². The molecule has 0 aliphatic heterocycles. The van der Waals surface area contributed by atoms with E-state index in [0.717, 1.165) is 50.2 Å². The van der Waals surface area contributed by atoms with Gasteiger partial charge in [-0.2, -0.15) is 5.26 Å². The van der Waals surface area contributed by atoms with E-state index in [-0.39, 0.29) is 0 Å². The van der Waals surface area contributed by atoms with E-state index in [0.29, 0.717) is 0 Å². The van der Waals surface area contributed by atoms with Crippen LogP contribution in [0.2, 0.25) is 18.1 Å². The van der Waals surface area contributed by atoms with E-state index in [1.54, 1.807) is 0 Å². The summed E-state index contributed by atoms with van der Waals surface area (Å²) in [6, 6.07) is 5.78. The number of hydrogen-bond donors (Lipinski definition) is 0. The van der Waals surface area contributed by atoms with Crippen LogP contribution in [0.4, 0.5) is 0 Å². The van der Waals surface area contributed by atoms with Crippen LogP contribution in [0.1, 0.15) is 59.8 Å². The molecule has 1 aliphatic carbocycles. The summed E-state index contributed by atoms with van der Waals surface area (Å²) in [5.74, 6) is 2.96. The van der Waals surface area contributed by atoms with Crippen molar-refractivity contribution >= 4 is 8.32 Å². The van der Waals surface area contributed by atoms with Crippen molar-refractivity contribution in [2.45, 2.75) is 83.5 Å². The second-order valence-electron chi connectivity index (χ2n) is 6.11. The van der Waals surface area contributed by atoms with Gasteiger partial charge in [-0.05, 0) is 43.8 Å². The molecule has 0 aromatic rings. The van der Waals surface area contributed by atoms with E-state index in [2.05, 4.69) is 39.7 Å². The van der Waals surface area contributed by atoms with Crippen molar-refractivity contribution < 1.29 is 4.43 Å². The first-order chi connectivity index (χ1) is 9.53. The zero-order chi connectivity index (χ0) is 15.3. The van der Waals surface area contributed by atoms with Gasteiger partial charge in [0.25, 0.3) is 0 Å². The number of rotatable bonds is 8. The Hall–Kier alpha value is -0.773. The van der Waals surface area contributed by atoms with Gasteiger partial charge in [-0.15, -0.1) is 6.42 Å². The molecule has 0 bridgehead atoms. The predicted octanol–water partition coefficient (Wildman–Crippen LogP) is 4.87. The minimum atomic E-state index is -1.81. The Morgan fingerprint density at radius 3 is 2.00 bits per heavy atom. The molecule has 0 unspecified atom stereocenters. The van der Waals surface area contributed by atoms with Crippen LogP contribution >= 0.6 is 0 Å². The summed E-state index contributed by atoms with van der Waals surface area (Å²) in [7, 11) is -1.81. The molecular formula is C17H29NOSi. The Kier molecular flexibility index (Phi) is 5.87. The molecule has 0 heterocycles. The summed E-state index contributed by atoms with van der Waals surface area (Å²) in [4.78, 5) is 0. The Balaban J connectivity index is 3.19. The molecule has 0 N–H and O–H groups in total. The first-order valence-electron chi connectivity index (χ1n) is 8.12. The van der Waals surface area contributed by atoms with Gasteiger partial charge in [0, 0.05) is 0 Å². The first kappa shape index (κ1) is 17.3. The molecule has 0 spiro atoms. The first-order valence-corrected chi connectivity index (χ1v) is 10.6. The lowest BCUT2D eigenvalue weighted by molar-refractivity contribution is -0.0420. The highest BCUT2D eigenvalue weighted by atomic mass is 28.4. The standard InChI is InChI=1S/C17H29NOSi/c1-6-12-17(7-2,16(15-18)13-11-14-16)19-20(8-3,9-4)10-5/h2H,6,8-14H2,1,3-5H3/t17-/m0/s1. The van der Waals surface area contributed by atoms with Crippen molar-refractivity contribution in [2.75, 3.05) is 0 Å². The number of nitriles is 1. The molecule has 1 saturated carbocycles. The third-order valence-electron chi connectivity index (χ3n) is 5.35. The molecule has 20 heavy (non-hydrogen) atoms. The molecule has 0 radical (unpaired) electrons. The van der Waals surface area contributed by atoms with E-state index in [9.17, 15) is 5.26 Å². The van der Waals surface area contributed by atoms with Crippen LogP contribution in [0, 0.1) is 29.1 Å². The second kappa shape index (κ2) is 6.79. The van der Waals surface area contributed by atoms with Gasteiger partial charge in [0.2, 0.25) is 0 Å². The Morgan fingerprint density at radius 2 is 1.75 bits per heavy atom. The fourth-order valence-corrected chi connectivity index (χ4v) is 6.48. The lowest BCUT2D eigenvalue weighted by Gasteiger charge is -2.52. The summed E-state index contributed by atoms with van der Waals surface area (Å²) >= 11 is 0. The summed E-state index contributed by atoms with van der Waals surface area (Å²) in [5, 5.41) is 9.73. The lowest BCUT2D eigenvalue weighted by Crippen LogP contribution is -2.58. The van der Waals surface area contributed by atoms with Crippen LogP contribution in [0.15, 0.2) is 0 Å². The average Bonchev–Trinajstić information content (AvgIpc) is 2.44. The molecule has 0 aromatic heterocycles. The van der Waals surface area contributed by atoms with Gasteiger partial charge in [-0.1, -0.05) is 40.0 Å². The van der Waals surface area contributed by atoms with Crippen molar-refractivity contribution in [1.29, 1.82) is 5.26 Å². The van der Waals surface area contributed by atoms with Gasteiger partial charge in [0.15, 0.2) is 8.32 Å². The number of hydrogen-bond acceptors (Lipinski definition) is 2. The summed E-state index contributed by atoms with van der Waals surface area (Å²) in [5.41, 5.74) is -1.08. The lowest BCUT2D eigenvalue weighted by atomic mass is 9.58. The summed E-state index contributed by atoms with van der Waals surface area (Å²) in [6.07, 6.45) is 10.6. The van der Waals surface area contributed by atoms with Gasteiger partial charge in [0.05, 0.1) is 11.5 Å². The maximum Gasteiger partial charge on any atom is 0.194 e. The maximum absolute atomic E-state index is 9.73. The van der Waals surface area contributed by atoms with Crippen LogP contribution in [0.5, 0.6) is 0 Å². The minimum absolute atomic E-state index is 0.435. The fourth-order valence-electron chi connectivity index (χ4n) is 3.45. The predicted molar refractivity (Wildman–Crippen MR) is 86.7 cm³/mol. The SMILES string of the molecule is C#C[C@@](CCC)(O[Si](CC)(CC)CC)C1(C#N)CCC1. The topological polar surface area (TPSA) is 33.0 Å². The zero-order valence-corrected chi connectivity index (χ0v) is 14.6. The van der Waals surface area contributed by atoms with Crippen molar-refractivity contribution in [1.82, 2.24) is 0 Å². The van der Waals surface area contributed by atoms with Crippen molar-refractivity contribution in [2.24, 2.45) is 5.41 Å². The van der Waals surface area contributed by atoms with Gasteiger partial charge >= 0.3 is 0 Å². The maximum atomic E-state index is 9.73. The molecule has 0 amide bonds. The van der Waals surface area contributed by atoms with E-state index in [1.165, 1.54) is 0 Å². The molecule has 1 fully saturated rings. The van der Waals surface area contributed by atoms with Gasteiger partial charge < -0.3 is 4.43 Å². The van der Waals surface area contributed by atoms with Crippen molar-refractivity contribution in [3.63, 3.8) is 0 Å². The molecule has 0 aromatic carbocycles. The third kappa shape index (κ3) is 2.67. The van der Waals surface area contributed by atoms with Crippen LogP contribution < -0.4 is 0 Å². The molecule has 2 nitrogen and oxygen atoms in total. The molecule has 1 rings (SSSR count). The van der Waals surface area contributed by atoms with Gasteiger partial charge in [-0.3, -0.25) is 0 Å². The second-order valence-corrected chi connectivity index (χ2v) is 10.8. The van der Waals surface area contributed by atoms with Crippen LogP contribution in [-0.2, 0) is 4.43 Å². The summed E-state index contributed by atoms with van der Waals surface area (Å²) in [6.45, 7) is 8.77. The fraction of sp³-hybridized carbons (Fsp3) is 0.824. The molecule has 1 aliphatic rings.